The van der Waals surface area contributed by atoms with Crippen LogP contribution < -0.4 is 0 Å². The van der Waals surface area contributed by atoms with E-state index < -0.39 is 0 Å². The van der Waals surface area contributed by atoms with Gasteiger partial charge in [-0.25, -0.2) is 0 Å². The van der Waals surface area contributed by atoms with Crippen molar-refractivity contribution in [1.82, 2.24) is 0 Å². The highest BCUT2D eigenvalue weighted by atomic mass is 14.3. The number of hydrogen-bond donors (Lipinski definition) is 0. The van der Waals surface area contributed by atoms with Crippen molar-refractivity contribution in [3.63, 3.8) is 0 Å². The molecule has 0 bridgehead atoms. The minimum atomic E-state index is 0.771. The molecule has 0 aromatic rings. The van der Waals surface area contributed by atoms with Crippen LogP contribution in [0.4, 0.5) is 0 Å². The molecule has 14 heavy (non-hydrogen) atoms. The van der Waals surface area contributed by atoms with Gasteiger partial charge in [-0.05, 0) is 36.5 Å². The van der Waals surface area contributed by atoms with Crippen LogP contribution in [0.15, 0.2) is 12.2 Å². The lowest BCUT2D eigenvalue weighted by molar-refractivity contribution is 0.237. The number of hydrogen-bond acceptors (Lipinski definition) is 0. The third-order valence-electron chi connectivity index (χ3n) is 3.65. The molecule has 0 N–H and O–H groups in total. The van der Waals surface area contributed by atoms with Gasteiger partial charge >= 0.3 is 0 Å². The molecule has 0 heterocycles. The third kappa shape index (κ3) is 4.30. The smallest absolute Gasteiger partial charge is 0.0208 e. The maximum absolute atomic E-state index is 2.42. The summed E-state index contributed by atoms with van der Waals surface area (Å²) in [5, 5.41) is 0. The molecule has 0 amide bonds. The molecule has 3 unspecified atom stereocenters. The molecule has 0 spiro atoms. The molecule has 0 radical (unpaired) electrons. The maximum atomic E-state index is 2.42. The fourth-order valence-electron chi connectivity index (χ4n) is 1.99. The van der Waals surface area contributed by atoms with Crippen LogP contribution in [0.5, 0.6) is 0 Å². The standard InChI is InChI=1S/C14H28/c1-7-9-10-14(8-2)13(6)12(5)11(3)4/h9-14H,7-8H2,1-6H3. The van der Waals surface area contributed by atoms with E-state index in [9.17, 15) is 0 Å². The molecule has 0 fully saturated rings. The summed E-state index contributed by atoms with van der Waals surface area (Å²) in [5.41, 5.74) is 0. The molecule has 0 rings (SSSR count). The molecule has 0 aromatic heterocycles. The Hall–Kier alpha value is -0.260. The zero-order chi connectivity index (χ0) is 11.1. The minimum absolute atomic E-state index is 0.771. The first-order valence-electron chi connectivity index (χ1n) is 6.21. The minimum Gasteiger partial charge on any atom is -0.0885 e. The molecule has 84 valence electrons. The second-order valence-electron chi connectivity index (χ2n) is 4.87. The summed E-state index contributed by atoms with van der Waals surface area (Å²) in [6, 6.07) is 0. The van der Waals surface area contributed by atoms with Crippen molar-refractivity contribution < 1.29 is 0 Å². The Balaban J connectivity index is 4.29. The monoisotopic (exact) mass is 196 g/mol. The highest BCUT2D eigenvalue weighted by Gasteiger charge is 2.21. The zero-order valence-corrected chi connectivity index (χ0v) is 10.9. The SMILES string of the molecule is CCC=CC(CC)C(C)C(C)C(C)C. The molecule has 0 saturated heterocycles. The second kappa shape index (κ2) is 7.09. The summed E-state index contributed by atoms with van der Waals surface area (Å²) >= 11 is 0. The Morgan fingerprint density at radius 1 is 0.929 bits per heavy atom. The lowest BCUT2D eigenvalue weighted by Gasteiger charge is -2.28. The highest BCUT2D eigenvalue weighted by molar-refractivity contribution is 4.91. The molecule has 0 saturated carbocycles. The highest BCUT2D eigenvalue weighted by Crippen LogP contribution is 2.29. The van der Waals surface area contributed by atoms with Crippen LogP contribution in [0, 0.1) is 23.7 Å². The van der Waals surface area contributed by atoms with E-state index in [1.54, 1.807) is 0 Å². The molecule has 0 aromatic carbocycles. The first kappa shape index (κ1) is 13.7. The summed E-state index contributed by atoms with van der Waals surface area (Å²) in [6.45, 7) is 14.0. The van der Waals surface area contributed by atoms with Crippen molar-refractivity contribution in [3.05, 3.63) is 12.2 Å². The van der Waals surface area contributed by atoms with Gasteiger partial charge in [-0.15, -0.1) is 0 Å². The molecule has 0 aliphatic carbocycles. The van der Waals surface area contributed by atoms with Crippen LogP contribution in [0.25, 0.3) is 0 Å². The molecule has 3 atom stereocenters. The van der Waals surface area contributed by atoms with E-state index in [-0.39, 0.29) is 0 Å². The summed E-state index contributed by atoms with van der Waals surface area (Å²) in [4.78, 5) is 0. The van der Waals surface area contributed by atoms with E-state index in [1.807, 2.05) is 0 Å². The Labute approximate surface area is 90.8 Å². The zero-order valence-electron chi connectivity index (χ0n) is 10.9. The van der Waals surface area contributed by atoms with Gasteiger partial charge < -0.3 is 0 Å². The van der Waals surface area contributed by atoms with Gasteiger partial charge in [-0.3, -0.25) is 0 Å². The van der Waals surface area contributed by atoms with E-state index >= 15 is 0 Å². The average molecular weight is 196 g/mol. The summed E-state index contributed by atoms with van der Waals surface area (Å²) in [5.74, 6) is 3.20. The van der Waals surface area contributed by atoms with Gasteiger partial charge in [-0.2, -0.15) is 0 Å². The van der Waals surface area contributed by atoms with Crippen molar-refractivity contribution in [3.8, 4) is 0 Å². The van der Waals surface area contributed by atoms with E-state index in [1.165, 1.54) is 12.8 Å². The second-order valence-corrected chi connectivity index (χ2v) is 4.87. The Morgan fingerprint density at radius 2 is 1.50 bits per heavy atom. The van der Waals surface area contributed by atoms with E-state index in [4.69, 9.17) is 0 Å². The lowest BCUT2D eigenvalue weighted by atomic mass is 9.77. The maximum Gasteiger partial charge on any atom is -0.0208 e. The quantitative estimate of drug-likeness (QED) is 0.530. The molecule has 0 nitrogen and oxygen atoms in total. The van der Waals surface area contributed by atoms with E-state index in [0.717, 1.165) is 23.7 Å². The molecular formula is C14H28. The molecule has 0 aliphatic rings. The van der Waals surface area contributed by atoms with Gasteiger partial charge in [0.1, 0.15) is 0 Å². The molecule has 0 heteroatoms. The van der Waals surface area contributed by atoms with Crippen LogP contribution in [-0.4, -0.2) is 0 Å². The van der Waals surface area contributed by atoms with Gasteiger partial charge in [0, 0.05) is 0 Å². The van der Waals surface area contributed by atoms with Crippen molar-refractivity contribution in [2.45, 2.75) is 54.4 Å². The fourth-order valence-corrected chi connectivity index (χ4v) is 1.99. The van der Waals surface area contributed by atoms with Gasteiger partial charge in [0.2, 0.25) is 0 Å². The van der Waals surface area contributed by atoms with Crippen molar-refractivity contribution >= 4 is 0 Å². The van der Waals surface area contributed by atoms with E-state index in [0.29, 0.717) is 0 Å². The normalized spacial score (nSPS) is 18.8. The van der Waals surface area contributed by atoms with Crippen molar-refractivity contribution in [2.24, 2.45) is 23.7 Å². The molecule has 0 aliphatic heterocycles. The van der Waals surface area contributed by atoms with Gasteiger partial charge in [0.25, 0.3) is 0 Å². The van der Waals surface area contributed by atoms with Crippen LogP contribution in [0.1, 0.15) is 54.4 Å². The first-order valence-corrected chi connectivity index (χ1v) is 6.21. The summed E-state index contributed by atoms with van der Waals surface area (Å²) < 4.78 is 0. The van der Waals surface area contributed by atoms with Crippen LogP contribution in [0.3, 0.4) is 0 Å². The number of allylic oxidation sites excluding steroid dienone is 2. The predicted octanol–water partition coefficient (Wildman–Crippen LogP) is 4.91. The molecular weight excluding hydrogens is 168 g/mol. The topological polar surface area (TPSA) is 0 Å². The third-order valence-corrected chi connectivity index (χ3v) is 3.65. The van der Waals surface area contributed by atoms with Crippen LogP contribution in [-0.2, 0) is 0 Å². The summed E-state index contributed by atoms with van der Waals surface area (Å²) in [6.07, 6.45) is 7.18. The lowest BCUT2D eigenvalue weighted by Crippen LogP contribution is -2.21. The van der Waals surface area contributed by atoms with Crippen molar-refractivity contribution in [1.29, 1.82) is 0 Å². The van der Waals surface area contributed by atoms with Gasteiger partial charge in [-0.1, -0.05) is 53.7 Å². The summed E-state index contributed by atoms with van der Waals surface area (Å²) in [7, 11) is 0. The predicted molar refractivity (Wildman–Crippen MR) is 66.4 cm³/mol. The Kier molecular flexibility index (Phi) is 6.96. The van der Waals surface area contributed by atoms with Crippen LogP contribution in [0.2, 0.25) is 0 Å². The first-order chi connectivity index (χ1) is 6.54. The van der Waals surface area contributed by atoms with Crippen molar-refractivity contribution in [2.75, 3.05) is 0 Å². The number of rotatable bonds is 6. The Bertz CT molecular complexity index is 155. The largest absolute Gasteiger partial charge is 0.0885 e. The van der Waals surface area contributed by atoms with E-state index in [2.05, 4.69) is 53.7 Å². The average Bonchev–Trinajstić information content (AvgIpc) is 2.17. The van der Waals surface area contributed by atoms with Gasteiger partial charge in [0.05, 0.1) is 0 Å². The van der Waals surface area contributed by atoms with Gasteiger partial charge in [0.15, 0.2) is 0 Å². The van der Waals surface area contributed by atoms with Crippen LogP contribution >= 0.6 is 0 Å². The fraction of sp³-hybridized carbons (Fsp3) is 0.857. The Morgan fingerprint density at radius 3 is 1.86 bits per heavy atom.